The summed E-state index contributed by atoms with van der Waals surface area (Å²) in [6.45, 7) is 1.32. The van der Waals surface area contributed by atoms with E-state index in [1.807, 2.05) is 0 Å². The van der Waals surface area contributed by atoms with E-state index in [1.165, 1.54) is 52.7 Å². The number of benzene rings is 2. The number of amides is 1. The molecule has 0 aliphatic carbocycles. The van der Waals surface area contributed by atoms with Crippen LogP contribution >= 0.6 is 11.6 Å². The normalized spacial score (nSPS) is 15.4. The van der Waals surface area contributed by atoms with Crippen LogP contribution in [0.25, 0.3) is 0 Å². The molecule has 0 radical (unpaired) electrons. The molecule has 0 saturated carbocycles. The van der Waals surface area contributed by atoms with Crippen molar-refractivity contribution in [3.63, 3.8) is 0 Å². The molecule has 150 valence electrons. The SMILES string of the molecule is CN(Cc1c(F)cccc1Cl)C(=O)c1ccc(S(=O)(=O)N2CCOCC2)cc1. The first-order valence-electron chi connectivity index (χ1n) is 8.67. The highest BCUT2D eigenvalue weighted by Crippen LogP contribution is 2.22. The van der Waals surface area contributed by atoms with Gasteiger partial charge in [-0.25, -0.2) is 12.8 Å². The fourth-order valence-corrected chi connectivity index (χ4v) is 4.55. The van der Waals surface area contributed by atoms with E-state index in [9.17, 15) is 17.6 Å². The van der Waals surface area contributed by atoms with Crippen LogP contribution in [-0.4, -0.2) is 56.9 Å². The average molecular weight is 427 g/mol. The summed E-state index contributed by atoms with van der Waals surface area (Å²) in [7, 11) is -2.09. The average Bonchev–Trinajstić information content (AvgIpc) is 2.71. The van der Waals surface area contributed by atoms with Gasteiger partial charge in [-0.3, -0.25) is 4.79 Å². The quantitative estimate of drug-likeness (QED) is 0.737. The number of carbonyl (C=O) groups excluding carboxylic acids is 1. The summed E-state index contributed by atoms with van der Waals surface area (Å²) >= 11 is 6.01. The van der Waals surface area contributed by atoms with Crippen molar-refractivity contribution in [3.8, 4) is 0 Å². The first-order valence-corrected chi connectivity index (χ1v) is 10.5. The predicted octanol–water partition coefficient (Wildman–Crippen LogP) is 2.77. The molecule has 1 saturated heterocycles. The van der Waals surface area contributed by atoms with E-state index in [4.69, 9.17) is 16.3 Å². The number of nitrogens with zero attached hydrogens (tertiary/aromatic N) is 2. The molecule has 1 heterocycles. The summed E-state index contributed by atoms with van der Waals surface area (Å²) in [6, 6.07) is 10.1. The Morgan fingerprint density at radius 1 is 1.18 bits per heavy atom. The highest BCUT2D eigenvalue weighted by atomic mass is 35.5. The minimum absolute atomic E-state index is 0.00182. The summed E-state index contributed by atoms with van der Waals surface area (Å²) in [5.74, 6) is -0.853. The predicted molar refractivity (Wildman–Crippen MR) is 103 cm³/mol. The lowest BCUT2D eigenvalue weighted by molar-refractivity contribution is 0.0730. The number of hydrogen-bond acceptors (Lipinski definition) is 4. The minimum Gasteiger partial charge on any atom is -0.379 e. The van der Waals surface area contributed by atoms with Gasteiger partial charge in [0.05, 0.1) is 18.1 Å². The maximum atomic E-state index is 13.9. The van der Waals surface area contributed by atoms with Crippen molar-refractivity contribution in [2.75, 3.05) is 33.4 Å². The molecule has 0 aromatic heterocycles. The van der Waals surface area contributed by atoms with Crippen molar-refractivity contribution >= 4 is 27.5 Å². The molecule has 0 bridgehead atoms. The second-order valence-corrected chi connectivity index (χ2v) is 8.75. The van der Waals surface area contributed by atoms with E-state index in [-0.39, 0.29) is 27.9 Å². The molecule has 0 N–H and O–H groups in total. The van der Waals surface area contributed by atoms with Crippen LogP contribution in [0, 0.1) is 5.82 Å². The standard InChI is InChI=1S/C19H20ClFN2O4S/c1-22(13-16-17(20)3-2-4-18(16)21)19(24)14-5-7-15(8-6-14)28(25,26)23-9-11-27-12-10-23/h2-8H,9-13H2,1H3. The maximum Gasteiger partial charge on any atom is 0.253 e. The largest absolute Gasteiger partial charge is 0.379 e. The summed E-state index contributed by atoms with van der Waals surface area (Å²) in [4.78, 5) is 14.1. The van der Waals surface area contributed by atoms with Crippen LogP contribution in [0.3, 0.4) is 0 Å². The molecular formula is C19H20ClFN2O4S. The summed E-state index contributed by atoms with van der Waals surface area (Å²) < 4.78 is 45.8. The molecule has 1 fully saturated rings. The zero-order valence-corrected chi connectivity index (χ0v) is 16.8. The third-order valence-electron chi connectivity index (χ3n) is 4.51. The maximum absolute atomic E-state index is 13.9. The number of ether oxygens (including phenoxy) is 1. The third-order valence-corrected chi connectivity index (χ3v) is 6.78. The van der Waals surface area contributed by atoms with Crippen LogP contribution in [0.15, 0.2) is 47.4 Å². The highest BCUT2D eigenvalue weighted by Gasteiger charge is 2.26. The molecule has 3 rings (SSSR count). The van der Waals surface area contributed by atoms with Gasteiger partial charge < -0.3 is 9.64 Å². The minimum atomic E-state index is -3.62. The molecule has 28 heavy (non-hydrogen) atoms. The van der Waals surface area contributed by atoms with Gasteiger partial charge in [-0.2, -0.15) is 4.31 Å². The summed E-state index contributed by atoms with van der Waals surface area (Å²) in [6.07, 6.45) is 0. The summed E-state index contributed by atoms with van der Waals surface area (Å²) in [5.41, 5.74) is 0.530. The Bertz CT molecular complexity index is 940. The van der Waals surface area contributed by atoms with Gasteiger partial charge in [0.2, 0.25) is 10.0 Å². The van der Waals surface area contributed by atoms with Crippen LogP contribution in [0.2, 0.25) is 5.02 Å². The van der Waals surface area contributed by atoms with E-state index < -0.39 is 15.8 Å². The van der Waals surface area contributed by atoms with Crippen LogP contribution in [0.4, 0.5) is 4.39 Å². The Morgan fingerprint density at radius 3 is 2.43 bits per heavy atom. The lowest BCUT2D eigenvalue weighted by atomic mass is 10.1. The molecule has 0 spiro atoms. The van der Waals surface area contributed by atoms with Crippen molar-refractivity contribution in [3.05, 3.63) is 64.4 Å². The number of rotatable bonds is 5. The topological polar surface area (TPSA) is 66.9 Å². The molecular weight excluding hydrogens is 407 g/mol. The van der Waals surface area contributed by atoms with Gasteiger partial charge in [0.1, 0.15) is 5.82 Å². The molecule has 1 aliphatic heterocycles. The van der Waals surface area contributed by atoms with Crippen molar-refractivity contribution in [2.24, 2.45) is 0 Å². The monoisotopic (exact) mass is 426 g/mol. The van der Waals surface area contributed by atoms with Gasteiger partial charge in [-0.1, -0.05) is 17.7 Å². The van der Waals surface area contributed by atoms with E-state index in [1.54, 1.807) is 6.07 Å². The number of hydrogen-bond donors (Lipinski definition) is 0. The molecule has 0 atom stereocenters. The zero-order chi connectivity index (χ0) is 20.3. The van der Waals surface area contributed by atoms with Crippen LogP contribution < -0.4 is 0 Å². The van der Waals surface area contributed by atoms with E-state index >= 15 is 0 Å². The van der Waals surface area contributed by atoms with Gasteiger partial charge in [0, 0.05) is 42.8 Å². The van der Waals surface area contributed by atoms with Gasteiger partial charge in [0.25, 0.3) is 5.91 Å². The lowest BCUT2D eigenvalue weighted by Crippen LogP contribution is -2.40. The van der Waals surface area contributed by atoms with Gasteiger partial charge in [-0.15, -0.1) is 0 Å². The number of halogens is 2. The van der Waals surface area contributed by atoms with E-state index in [0.29, 0.717) is 31.9 Å². The van der Waals surface area contributed by atoms with Crippen LogP contribution in [0.5, 0.6) is 0 Å². The Balaban J connectivity index is 1.74. The smallest absolute Gasteiger partial charge is 0.253 e. The summed E-state index contributed by atoms with van der Waals surface area (Å²) in [5, 5.41) is 0.242. The lowest BCUT2D eigenvalue weighted by Gasteiger charge is -2.26. The van der Waals surface area contributed by atoms with Crippen LogP contribution in [0.1, 0.15) is 15.9 Å². The Labute approximate surface area is 168 Å². The van der Waals surface area contributed by atoms with Crippen molar-refractivity contribution in [1.82, 2.24) is 9.21 Å². The van der Waals surface area contributed by atoms with Crippen molar-refractivity contribution in [2.45, 2.75) is 11.4 Å². The van der Waals surface area contributed by atoms with Crippen molar-refractivity contribution in [1.29, 1.82) is 0 Å². The highest BCUT2D eigenvalue weighted by molar-refractivity contribution is 7.89. The van der Waals surface area contributed by atoms with Crippen LogP contribution in [-0.2, 0) is 21.3 Å². The second-order valence-electron chi connectivity index (χ2n) is 6.40. The van der Waals surface area contributed by atoms with E-state index in [2.05, 4.69) is 0 Å². The Hall–Kier alpha value is -2.00. The Kier molecular flexibility index (Phi) is 6.34. The molecule has 6 nitrogen and oxygen atoms in total. The fourth-order valence-electron chi connectivity index (χ4n) is 2.92. The molecule has 9 heteroatoms. The van der Waals surface area contributed by atoms with Gasteiger partial charge in [0.15, 0.2) is 0 Å². The number of morpholine rings is 1. The molecule has 1 aliphatic rings. The second kappa shape index (κ2) is 8.57. The molecule has 2 aromatic carbocycles. The molecule has 2 aromatic rings. The fraction of sp³-hybridized carbons (Fsp3) is 0.316. The Morgan fingerprint density at radius 2 is 1.82 bits per heavy atom. The first kappa shape index (κ1) is 20.7. The number of sulfonamides is 1. The van der Waals surface area contributed by atoms with E-state index in [0.717, 1.165) is 0 Å². The van der Waals surface area contributed by atoms with Crippen molar-refractivity contribution < 1.29 is 22.3 Å². The number of carbonyl (C=O) groups is 1. The van der Waals surface area contributed by atoms with Gasteiger partial charge >= 0.3 is 0 Å². The third kappa shape index (κ3) is 4.35. The zero-order valence-electron chi connectivity index (χ0n) is 15.3. The molecule has 0 unspecified atom stereocenters. The first-order chi connectivity index (χ1) is 13.3. The van der Waals surface area contributed by atoms with Gasteiger partial charge in [-0.05, 0) is 36.4 Å². The molecule has 1 amide bonds.